The van der Waals surface area contributed by atoms with Crippen molar-refractivity contribution < 1.29 is 0 Å². The molecule has 0 saturated carbocycles. The van der Waals surface area contributed by atoms with E-state index in [0.717, 1.165) is 37.7 Å². The topological polar surface area (TPSA) is 58.3 Å². The van der Waals surface area contributed by atoms with Gasteiger partial charge in [-0.15, -0.1) is 0 Å². The number of hydrogen-bond acceptors (Lipinski definition) is 3. The number of aryl methyl sites for hydroxylation is 1. The van der Waals surface area contributed by atoms with Crippen LogP contribution in [0.4, 0.5) is 0 Å². The van der Waals surface area contributed by atoms with Crippen LogP contribution in [-0.4, -0.2) is 45.8 Å². The smallest absolute Gasteiger partial charge is 0.194 e. The Balaban J connectivity index is 2.21. The lowest BCUT2D eigenvalue weighted by Crippen LogP contribution is -2.40. The maximum absolute atomic E-state index is 4.99. The van der Waals surface area contributed by atoms with Gasteiger partial charge in [-0.25, -0.2) is 4.98 Å². The van der Waals surface area contributed by atoms with Crippen LogP contribution in [0, 0.1) is 0 Å². The first kappa shape index (κ1) is 19.9. The van der Waals surface area contributed by atoms with Gasteiger partial charge < -0.3 is 10.2 Å². The normalized spacial score (nSPS) is 12.3. The van der Waals surface area contributed by atoms with Crippen LogP contribution < -0.4 is 5.32 Å². The van der Waals surface area contributed by atoms with Gasteiger partial charge in [-0.1, -0.05) is 44.2 Å². The number of hydrogen-bond donors (Lipinski definition) is 1. The number of aromatic nitrogens is 3. The van der Waals surface area contributed by atoms with E-state index in [1.807, 2.05) is 14.1 Å². The molecular formula is C20H32N6. The van der Waals surface area contributed by atoms with Crippen molar-refractivity contribution in [1.82, 2.24) is 25.0 Å². The summed E-state index contributed by atoms with van der Waals surface area (Å²) >= 11 is 0. The van der Waals surface area contributed by atoms with E-state index >= 15 is 0 Å². The van der Waals surface area contributed by atoms with Gasteiger partial charge in [-0.05, 0) is 25.3 Å². The molecule has 0 aliphatic rings. The van der Waals surface area contributed by atoms with Gasteiger partial charge in [0.15, 0.2) is 5.96 Å². The van der Waals surface area contributed by atoms with Crippen molar-refractivity contribution in [3.05, 3.63) is 48.0 Å². The summed E-state index contributed by atoms with van der Waals surface area (Å²) in [6.45, 7) is 8.85. The Hall–Kier alpha value is -2.37. The first-order valence-corrected chi connectivity index (χ1v) is 9.44. The highest BCUT2D eigenvalue weighted by atomic mass is 15.4. The number of nitrogens with zero attached hydrogens (tertiary/aromatic N) is 5. The molecule has 0 spiro atoms. The molecule has 2 aromatic rings. The van der Waals surface area contributed by atoms with E-state index in [1.54, 1.807) is 11.0 Å². The summed E-state index contributed by atoms with van der Waals surface area (Å²) in [5, 5.41) is 7.55. The second-order valence-corrected chi connectivity index (χ2v) is 6.68. The predicted molar refractivity (Wildman–Crippen MR) is 107 cm³/mol. The van der Waals surface area contributed by atoms with Crippen LogP contribution in [-0.2, 0) is 19.0 Å². The molecule has 1 aromatic heterocycles. The van der Waals surface area contributed by atoms with Gasteiger partial charge >= 0.3 is 0 Å². The highest BCUT2D eigenvalue weighted by Crippen LogP contribution is 2.32. The average molecular weight is 357 g/mol. The third kappa shape index (κ3) is 4.62. The van der Waals surface area contributed by atoms with E-state index in [1.165, 1.54) is 5.56 Å². The summed E-state index contributed by atoms with van der Waals surface area (Å²) in [6.07, 6.45) is 3.70. The first-order chi connectivity index (χ1) is 12.6. The molecule has 0 radical (unpaired) electrons. The minimum absolute atomic E-state index is 0.0630. The van der Waals surface area contributed by atoms with Crippen LogP contribution in [0.3, 0.4) is 0 Å². The quantitative estimate of drug-likeness (QED) is 0.583. The third-order valence-electron chi connectivity index (χ3n) is 5.15. The minimum atomic E-state index is 0.0630. The van der Waals surface area contributed by atoms with Gasteiger partial charge in [0.05, 0.1) is 13.1 Å². The predicted octanol–water partition coefficient (Wildman–Crippen LogP) is 2.97. The van der Waals surface area contributed by atoms with Crippen molar-refractivity contribution in [3.8, 4) is 0 Å². The molecule has 1 aromatic carbocycles. The summed E-state index contributed by atoms with van der Waals surface area (Å²) in [4.78, 5) is 11.4. The van der Waals surface area contributed by atoms with Gasteiger partial charge in [0.2, 0.25) is 0 Å². The Kier molecular flexibility index (Phi) is 7.18. The Labute approximate surface area is 157 Å². The first-order valence-electron chi connectivity index (χ1n) is 9.44. The van der Waals surface area contributed by atoms with Crippen LogP contribution in [0.15, 0.2) is 41.7 Å². The van der Waals surface area contributed by atoms with Crippen molar-refractivity contribution in [1.29, 1.82) is 0 Å². The second-order valence-electron chi connectivity index (χ2n) is 6.68. The molecule has 0 saturated heterocycles. The molecule has 1 heterocycles. The molecule has 0 amide bonds. The Bertz CT molecular complexity index is 687. The Morgan fingerprint density at radius 1 is 1.19 bits per heavy atom. The van der Waals surface area contributed by atoms with Crippen LogP contribution in [0.1, 0.15) is 45.0 Å². The SMILES string of the molecule is CCNC(=NCC(CC)(CC)c1ccccc1)N(C)Cc1ncnn1C. The highest BCUT2D eigenvalue weighted by Gasteiger charge is 2.28. The summed E-state index contributed by atoms with van der Waals surface area (Å²) in [5.74, 6) is 1.82. The van der Waals surface area contributed by atoms with Gasteiger partial charge in [0.25, 0.3) is 0 Å². The molecule has 0 atom stereocenters. The van der Waals surface area contributed by atoms with Gasteiger partial charge in [0, 0.05) is 26.1 Å². The lowest BCUT2D eigenvalue weighted by atomic mass is 9.76. The molecule has 1 N–H and O–H groups in total. The van der Waals surface area contributed by atoms with Gasteiger partial charge in [-0.2, -0.15) is 5.10 Å². The van der Waals surface area contributed by atoms with E-state index < -0.39 is 0 Å². The van der Waals surface area contributed by atoms with E-state index in [9.17, 15) is 0 Å². The van der Waals surface area contributed by atoms with Crippen molar-refractivity contribution in [2.24, 2.45) is 12.0 Å². The summed E-state index contributed by atoms with van der Waals surface area (Å²) in [5.41, 5.74) is 1.42. The molecule has 6 heteroatoms. The third-order valence-corrected chi connectivity index (χ3v) is 5.15. The molecule has 142 valence electrons. The fraction of sp³-hybridized carbons (Fsp3) is 0.550. The fourth-order valence-electron chi connectivity index (χ4n) is 3.21. The Morgan fingerprint density at radius 3 is 2.42 bits per heavy atom. The molecule has 0 fully saturated rings. The maximum atomic E-state index is 4.99. The molecule has 26 heavy (non-hydrogen) atoms. The summed E-state index contributed by atoms with van der Waals surface area (Å²) in [7, 11) is 3.95. The van der Waals surface area contributed by atoms with E-state index in [0.29, 0.717) is 6.54 Å². The van der Waals surface area contributed by atoms with Gasteiger partial charge in [0.1, 0.15) is 12.2 Å². The van der Waals surface area contributed by atoms with Crippen molar-refractivity contribution in [3.63, 3.8) is 0 Å². The zero-order valence-corrected chi connectivity index (χ0v) is 16.7. The van der Waals surface area contributed by atoms with Crippen LogP contribution >= 0.6 is 0 Å². The molecule has 0 aliphatic carbocycles. The molecular weight excluding hydrogens is 324 g/mol. The number of rotatable bonds is 8. The number of guanidine groups is 1. The summed E-state index contributed by atoms with van der Waals surface area (Å²) in [6, 6.07) is 10.7. The standard InChI is InChI=1S/C20H32N6/c1-6-20(7-2,17-12-10-9-11-13-17)15-22-19(21-8-3)25(4)14-18-23-16-24-26(18)5/h9-13,16H,6-8,14-15H2,1-5H3,(H,21,22). The highest BCUT2D eigenvalue weighted by molar-refractivity contribution is 5.79. The van der Waals surface area contributed by atoms with Crippen LogP contribution in [0.5, 0.6) is 0 Å². The zero-order chi connectivity index (χ0) is 19.0. The van der Waals surface area contributed by atoms with E-state index in [4.69, 9.17) is 4.99 Å². The molecule has 2 rings (SSSR count). The second kappa shape index (κ2) is 9.36. The molecule has 0 unspecified atom stereocenters. The van der Waals surface area contributed by atoms with Crippen molar-refractivity contribution in [2.75, 3.05) is 20.1 Å². The Morgan fingerprint density at radius 2 is 1.88 bits per heavy atom. The zero-order valence-electron chi connectivity index (χ0n) is 16.7. The number of nitrogens with one attached hydrogen (secondary N) is 1. The molecule has 0 bridgehead atoms. The van der Waals surface area contributed by atoms with E-state index in [2.05, 4.69) is 71.4 Å². The maximum Gasteiger partial charge on any atom is 0.194 e. The summed E-state index contributed by atoms with van der Waals surface area (Å²) < 4.78 is 1.80. The monoisotopic (exact) mass is 356 g/mol. The van der Waals surface area contributed by atoms with Gasteiger partial charge in [-0.3, -0.25) is 9.67 Å². The molecule has 6 nitrogen and oxygen atoms in total. The van der Waals surface area contributed by atoms with Crippen LogP contribution in [0.25, 0.3) is 0 Å². The lowest BCUT2D eigenvalue weighted by Gasteiger charge is -2.32. The average Bonchev–Trinajstić information content (AvgIpc) is 3.07. The number of aliphatic imine (C=N–C) groups is 1. The minimum Gasteiger partial charge on any atom is -0.357 e. The largest absolute Gasteiger partial charge is 0.357 e. The van der Waals surface area contributed by atoms with Crippen molar-refractivity contribution >= 4 is 5.96 Å². The molecule has 0 aliphatic heterocycles. The lowest BCUT2D eigenvalue weighted by molar-refractivity contribution is 0.397. The van der Waals surface area contributed by atoms with Crippen LogP contribution in [0.2, 0.25) is 0 Å². The van der Waals surface area contributed by atoms with Crippen molar-refractivity contribution in [2.45, 2.75) is 45.6 Å². The number of benzene rings is 1. The fourth-order valence-corrected chi connectivity index (χ4v) is 3.21. The van der Waals surface area contributed by atoms with E-state index in [-0.39, 0.29) is 5.41 Å².